The first-order valence-electron chi connectivity index (χ1n) is 3.36. The average Bonchev–Trinajstić information content (AvgIpc) is 2.03. The zero-order chi connectivity index (χ0) is 9.84. The highest BCUT2D eigenvalue weighted by Gasteiger charge is 2.25. The third-order valence-corrected chi connectivity index (χ3v) is 1.59. The van der Waals surface area contributed by atoms with Gasteiger partial charge < -0.3 is 4.90 Å². The number of halogens is 1. The van der Waals surface area contributed by atoms with Crippen molar-refractivity contribution in [3.05, 3.63) is 0 Å². The highest BCUT2D eigenvalue weighted by molar-refractivity contribution is 9.12. The fourth-order valence-electron chi connectivity index (χ4n) is 0.900. The minimum Gasteiger partial charge on any atom is -0.313 e. The summed E-state index contributed by atoms with van der Waals surface area (Å²) in [6.45, 7) is -0.238. The molecule has 1 N–H and O–H groups in total. The molecule has 1 rings (SSSR count). The lowest BCUT2D eigenvalue weighted by atomic mass is 10.3. The van der Waals surface area contributed by atoms with Gasteiger partial charge in [0.2, 0.25) is 11.8 Å². The van der Waals surface area contributed by atoms with Crippen LogP contribution >= 0.6 is 15.9 Å². The SMILES string of the molecule is O=C1CN(C(=O)C#CBr)CC(=O)N1. The first kappa shape index (κ1) is 9.74. The largest absolute Gasteiger partial charge is 0.313 e. The molecule has 5 nitrogen and oxygen atoms in total. The Kier molecular flexibility index (Phi) is 3.03. The van der Waals surface area contributed by atoms with E-state index in [4.69, 9.17) is 0 Å². The second-order valence-corrected chi connectivity index (χ2v) is 2.75. The van der Waals surface area contributed by atoms with Crippen molar-refractivity contribution in [2.24, 2.45) is 0 Å². The molecule has 0 aromatic heterocycles. The highest BCUT2D eigenvalue weighted by Crippen LogP contribution is 1.94. The Hall–Kier alpha value is -1.35. The van der Waals surface area contributed by atoms with Crippen molar-refractivity contribution in [2.45, 2.75) is 0 Å². The third-order valence-electron chi connectivity index (χ3n) is 1.39. The van der Waals surface area contributed by atoms with Crippen LogP contribution in [0, 0.1) is 10.8 Å². The molecule has 1 saturated heterocycles. The number of carbonyl (C=O) groups excluding carboxylic acids is 3. The van der Waals surface area contributed by atoms with Gasteiger partial charge in [-0.25, -0.2) is 0 Å². The second kappa shape index (κ2) is 4.05. The van der Waals surface area contributed by atoms with E-state index in [1.807, 2.05) is 0 Å². The number of hydrogen-bond acceptors (Lipinski definition) is 3. The maximum absolute atomic E-state index is 11.1. The molecule has 0 aromatic carbocycles. The molecule has 3 amide bonds. The van der Waals surface area contributed by atoms with Crippen LogP contribution in [0.5, 0.6) is 0 Å². The van der Waals surface area contributed by atoms with Crippen LogP contribution in [0.1, 0.15) is 0 Å². The van der Waals surface area contributed by atoms with E-state index in [-0.39, 0.29) is 13.1 Å². The molecule has 1 aliphatic rings. The topological polar surface area (TPSA) is 66.5 Å². The molecule has 13 heavy (non-hydrogen) atoms. The second-order valence-electron chi connectivity index (χ2n) is 2.35. The summed E-state index contributed by atoms with van der Waals surface area (Å²) in [6.07, 6.45) is 0. The molecule has 0 radical (unpaired) electrons. The molecule has 1 fully saturated rings. The zero-order valence-corrected chi connectivity index (χ0v) is 8.05. The average molecular weight is 245 g/mol. The molecule has 1 aliphatic heterocycles. The minimum absolute atomic E-state index is 0.119. The van der Waals surface area contributed by atoms with Crippen LogP contribution in [-0.4, -0.2) is 35.7 Å². The Balaban J connectivity index is 2.68. The quantitative estimate of drug-likeness (QED) is 0.432. The van der Waals surface area contributed by atoms with Gasteiger partial charge in [0.1, 0.15) is 13.1 Å². The molecule has 0 aromatic rings. The van der Waals surface area contributed by atoms with Crippen molar-refractivity contribution >= 4 is 33.7 Å². The van der Waals surface area contributed by atoms with E-state index >= 15 is 0 Å². The lowest BCUT2D eigenvalue weighted by Gasteiger charge is -2.22. The third kappa shape index (κ3) is 2.56. The van der Waals surface area contributed by atoms with Gasteiger partial charge in [0, 0.05) is 21.9 Å². The van der Waals surface area contributed by atoms with Crippen molar-refractivity contribution < 1.29 is 14.4 Å². The van der Waals surface area contributed by atoms with Crippen molar-refractivity contribution in [3.63, 3.8) is 0 Å². The van der Waals surface area contributed by atoms with Gasteiger partial charge >= 0.3 is 0 Å². The van der Waals surface area contributed by atoms with Gasteiger partial charge in [0.05, 0.1) is 0 Å². The fourth-order valence-corrected chi connectivity index (χ4v) is 1.07. The summed E-state index contributed by atoms with van der Waals surface area (Å²) in [4.78, 5) is 36.0. The standard InChI is InChI=1S/C7H5BrN2O3/c8-2-1-7(13)10-3-5(11)9-6(12)4-10/h3-4H2,(H,9,11,12). The molecule has 1 heterocycles. The Bertz CT molecular complexity index is 312. The summed E-state index contributed by atoms with van der Waals surface area (Å²) in [5.41, 5.74) is 0. The summed E-state index contributed by atoms with van der Waals surface area (Å²) in [7, 11) is 0. The Morgan fingerprint density at radius 3 is 2.38 bits per heavy atom. The van der Waals surface area contributed by atoms with E-state index in [0.717, 1.165) is 4.90 Å². The Labute approximate surface area is 82.6 Å². The number of hydrogen-bond donors (Lipinski definition) is 1. The normalized spacial score (nSPS) is 15.9. The van der Waals surface area contributed by atoms with E-state index in [1.165, 1.54) is 0 Å². The van der Waals surface area contributed by atoms with Gasteiger partial charge in [-0.15, -0.1) is 0 Å². The number of rotatable bonds is 0. The van der Waals surface area contributed by atoms with Crippen LogP contribution in [0.4, 0.5) is 0 Å². The zero-order valence-electron chi connectivity index (χ0n) is 6.46. The van der Waals surface area contributed by atoms with Crippen LogP contribution in [-0.2, 0) is 14.4 Å². The van der Waals surface area contributed by atoms with Crippen molar-refractivity contribution in [3.8, 4) is 10.8 Å². The van der Waals surface area contributed by atoms with Gasteiger partial charge in [-0.1, -0.05) is 0 Å². The Morgan fingerprint density at radius 2 is 1.92 bits per heavy atom. The molecule has 0 unspecified atom stereocenters. The maximum atomic E-state index is 11.1. The van der Waals surface area contributed by atoms with Crippen LogP contribution < -0.4 is 5.32 Å². The van der Waals surface area contributed by atoms with Gasteiger partial charge in [-0.3, -0.25) is 19.7 Å². The molecular formula is C7H5BrN2O3. The first-order chi connectivity index (χ1) is 6.13. The predicted molar refractivity (Wildman–Crippen MR) is 46.4 cm³/mol. The van der Waals surface area contributed by atoms with E-state index in [1.54, 1.807) is 0 Å². The summed E-state index contributed by atoms with van der Waals surface area (Å²) in [5.74, 6) is 0.666. The summed E-state index contributed by atoms with van der Waals surface area (Å²) in [6, 6.07) is 0. The first-order valence-corrected chi connectivity index (χ1v) is 4.16. The molecule has 0 atom stereocenters. The molecule has 0 spiro atoms. The number of amides is 3. The molecule has 0 bridgehead atoms. The van der Waals surface area contributed by atoms with Crippen molar-refractivity contribution in [1.29, 1.82) is 0 Å². The van der Waals surface area contributed by atoms with E-state index in [9.17, 15) is 14.4 Å². The van der Waals surface area contributed by atoms with E-state index in [2.05, 4.69) is 32.0 Å². The highest BCUT2D eigenvalue weighted by atomic mass is 79.9. The number of nitrogens with zero attached hydrogens (tertiary/aromatic N) is 1. The van der Waals surface area contributed by atoms with Crippen molar-refractivity contribution in [1.82, 2.24) is 10.2 Å². The smallest absolute Gasteiger partial charge is 0.300 e. The fraction of sp³-hybridized carbons (Fsp3) is 0.286. The molecular weight excluding hydrogens is 240 g/mol. The van der Waals surface area contributed by atoms with Crippen LogP contribution in [0.25, 0.3) is 0 Å². The summed E-state index contributed by atoms with van der Waals surface area (Å²) >= 11 is 2.75. The summed E-state index contributed by atoms with van der Waals surface area (Å²) in [5, 5.41) is 2.07. The minimum atomic E-state index is -0.542. The Morgan fingerprint density at radius 1 is 1.38 bits per heavy atom. The maximum Gasteiger partial charge on any atom is 0.300 e. The van der Waals surface area contributed by atoms with Gasteiger partial charge in [0.25, 0.3) is 5.91 Å². The van der Waals surface area contributed by atoms with Crippen molar-refractivity contribution in [2.75, 3.05) is 13.1 Å². The van der Waals surface area contributed by atoms with Crippen LogP contribution in [0.2, 0.25) is 0 Å². The number of nitrogens with one attached hydrogen (secondary N) is 1. The van der Waals surface area contributed by atoms with E-state index in [0.29, 0.717) is 0 Å². The lowest BCUT2D eigenvalue weighted by molar-refractivity contribution is -0.142. The number of carbonyl (C=O) groups is 3. The molecule has 0 saturated carbocycles. The van der Waals surface area contributed by atoms with Gasteiger partial charge in [-0.05, 0) is 4.83 Å². The molecule has 0 aliphatic carbocycles. The monoisotopic (exact) mass is 244 g/mol. The number of imide groups is 1. The summed E-state index contributed by atoms with van der Waals surface area (Å²) < 4.78 is 0. The predicted octanol–water partition coefficient (Wildman–Crippen LogP) is -1.17. The number of piperazine rings is 1. The molecule has 68 valence electrons. The lowest BCUT2D eigenvalue weighted by Crippen LogP contribution is -2.53. The van der Waals surface area contributed by atoms with E-state index < -0.39 is 17.7 Å². The van der Waals surface area contributed by atoms with Gasteiger partial charge in [-0.2, -0.15) is 0 Å². The van der Waals surface area contributed by atoms with Gasteiger partial charge in [0.15, 0.2) is 0 Å². The molecule has 6 heteroatoms. The van der Waals surface area contributed by atoms with Crippen LogP contribution in [0.3, 0.4) is 0 Å². The van der Waals surface area contributed by atoms with Crippen LogP contribution in [0.15, 0.2) is 0 Å².